The summed E-state index contributed by atoms with van der Waals surface area (Å²) in [7, 11) is 6.80. The minimum Gasteiger partial charge on any atom is -0.497 e. The minimum atomic E-state index is -0.209. The van der Waals surface area contributed by atoms with E-state index in [0.717, 1.165) is 31.1 Å². The molecule has 2 N–H and O–H groups in total. The van der Waals surface area contributed by atoms with Gasteiger partial charge in [0.25, 0.3) is 0 Å². The number of nitrogens with two attached hydrogens (primary N) is 1. The second-order valence-electron chi connectivity index (χ2n) is 8.97. The molecule has 0 amide bonds. The van der Waals surface area contributed by atoms with Gasteiger partial charge in [-0.1, -0.05) is 24.3 Å². The highest BCUT2D eigenvalue weighted by Crippen LogP contribution is 2.19. The summed E-state index contributed by atoms with van der Waals surface area (Å²) in [6.07, 6.45) is 0. The number of hydrogen-bond acceptors (Lipinski definition) is 6. The molecule has 2 rings (SSSR count). The normalized spacial score (nSPS) is 11.3. The second-order valence-corrected chi connectivity index (χ2v) is 8.97. The van der Waals surface area contributed by atoms with Crippen molar-refractivity contribution in [3.05, 3.63) is 59.7 Å². The summed E-state index contributed by atoms with van der Waals surface area (Å²) in [5, 5.41) is 0. The van der Waals surface area contributed by atoms with Crippen molar-refractivity contribution >= 4 is 12.4 Å². The molecule has 0 saturated carbocycles. The zero-order valence-corrected chi connectivity index (χ0v) is 22.3. The van der Waals surface area contributed by atoms with Crippen LogP contribution in [0.2, 0.25) is 0 Å². The Morgan fingerprint density at radius 3 is 1.27 bits per heavy atom. The summed E-state index contributed by atoms with van der Waals surface area (Å²) < 4.78 is 21.1. The molecule has 6 nitrogen and oxygen atoms in total. The maximum absolute atomic E-state index is 5.63. The van der Waals surface area contributed by atoms with Crippen molar-refractivity contribution < 1.29 is 18.9 Å². The van der Waals surface area contributed by atoms with Crippen LogP contribution in [0.25, 0.3) is 0 Å². The van der Waals surface area contributed by atoms with Crippen LogP contribution in [0.15, 0.2) is 48.5 Å². The van der Waals surface area contributed by atoms with Gasteiger partial charge in [-0.2, -0.15) is 0 Å². The number of hydrogen-bond donors (Lipinski definition) is 1. The highest BCUT2D eigenvalue weighted by atomic mass is 35.5. The molecule has 0 spiro atoms. The Morgan fingerprint density at radius 1 is 0.667 bits per heavy atom. The molecule has 2 aromatic rings. The second kappa shape index (κ2) is 15.1. The first-order chi connectivity index (χ1) is 15.1. The molecule has 188 valence electrons. The van der Waals surface area contributed by atoms with E-state index in [1.54, 1.807) is 28.4 Å². The summed E-state index contributed by atoms with van der Waals surface area (Å²) in [6.45, 7) is 11.2. The number of rotatable bonds is 11. The lowest BCUT2D eigenvalue weighted by atomic mass is 10.1. The van der Waals surface area contributed by atoms with Crippen molar-refractivity contribution in [1.82, 2.24) is 4.90 Å². The van der Waals surface area contributed by atoms with Crippen LogP contribution in [-0.2, 0) is 22.6 Å². The zero-order chi connectivity index (χ0) is 24.2. The van der Waals surface area contributed by atoms with Crippen LogP contribution in [0.4, 0.5) is 0 Å². The molecule has 33 heavy (non-hydrogen) atoms. The van der Waals surface area contributed by atoms with E-state index < -0.39 is 0 Å². The van der Waals surface area contributed by atoms with Gasteiger partial charge in [-0.25, -0.2) is 0 Å². The van der Waals surface area contributed by atoms with E-state index in [1.807, 2.05) is 38.1 Å². The summed E-state index contributed by atoms with van der Waals surface area (Å²) >= 11 is 0. The third-order valence-corrected chi connectivity index (χ3v) is 5.33. The molecule has 0 saturated heterocycles. The molecule has 0 aliphatic rings. The third-order valence-electron chi connectivity index (χ3n) is 5.33. The molecule has 0 unspecified atom stereocenters. The Hall–Kier alpha value is -1.83. The standard InChI is InChI=1S/C21H29NO3.C5H13NO.ClH/c1-21(2,25-5)16-22(14-17-6-10-19(23-3)11-7-17)15-18-8-12-20(24-4)13-9-18;1-5(2,4-6)7-3;/h6-13H,14-16H2,1-5H3;4,6H2,1-3H3;1H. The van der Waals surface area contributed by atoms with E-state index in [9.17, 15) is 0 Å². The number of methoxy groups -OCH3 is 4. The van der Waals surface area contributed by atoms with Crippen molar-refractivity contribution in [1.29, 1.82) is 0 Å². The molecular formula is C26H43ClN2O4. The first kappa shape index (κ1) is 31.2. The van der Waals surface area contributed by atoms with Crippen LogP contribution in [-0.4, -0.2) is 57.6 Å². The maximum atomic E-state index is 5.63. The first-order valence-electron chi connectivity index (χ1n) is 10.9. The fourth-order valence-corrected chi connectivity index (χ4v) is 2.83. The van der Waals surface area contributed by atoms with Crippen molar-refractivity contribution in [3.63, 3.8) is 0 Å². The van der Waals surface area contributed by atoms with Crippen LogP contribution >= 0.6 is 12.4 Å². The van der Waals surface area contributed by atoms with Gasteiger partial charge in [-0.15, -0.1) is 12.4 Å². The third kappa shape index (κ3) is 12.3. The van der Waals surface area contributed by atoms with Crippen molar-refractivity contribution in [3.8, 4) is 11.5 Å². The summed E-state index contributed by atoms with van der Waals surface area (Å²) in [5.74, 6) is 1.75. The fraction of sp³-hybridized carbons (Fsp3) is 0.538. The lowest BCUT2D eigenvalue weighted by Gasteiger charge is -2.32. The average molecular weight is 483 g/mol. The smallest absolute Gasteiger partial charge is 0.118 e. The topological polar surface area (TPSA) is 66.2 Å². The molecule has 7 heteroatoms. The largest absolute Gasteiger partial charge is 0.497 e. The van der Waals surface area contributed by atoms with Crippen molar-refractivity contribution in [2.45, 2.75) is 52.0 Å². The molecule has 0 aliphatic heterocycles. The van der Waals surface area contributed by atoms with Gasteiger partial charge in [-0.3, -0.25) is 4.90 Å². The molecule has 0 fully saturated rings. The number of nitrogens with zero attached hydrogens (tertiary/aromatic N) is 1. The molecule has 0 heterocycles. The van der Waals surface area contributed by atoms with E-state index in [4.69, 9.17) is 24.7 Å². The van der Waals surface area contributed by atoms with Crippen molar-refractivity contribution in [2.24, 2.45) is 5.73 Å². The van der Waals surface area contributed by atoms with Gasteiger partial charge >= 0.3 is 0 Å². The Kier molecular flexibility index (Phi) is 14.3. The SMILES string of the molecule is COC(C)(C)CN.COc1ccc(CN(Cc2ccc(OC)cc2)CC(C)(C)OC)cc1.Cl. The Balaban J connectivity index is 0.00000111. The highest BCUT2D eigenvalue weighted by molar-refractivity contribution is 5.85. The Bertz CT molecular complexity index is 709. The van der Waals surface area contributed by atoms with Gasteiger partial charge in [0.2, 0.25) is 0 Å². The molecule has 0 radical (unpaired) electrons. The minimum absolute atomic E-state index is 0. The van der Waals surface area contributed by atoms with E-state index in [1.165, 1.54) is 11.1 Å². The Labute approximate surface area is 206 Å². The predicted octanol–water partition coefficient (Wildman–Crippen LogP) is 4.92. The number of halogens is 1. The first-order valence-corrected chi connectivity index (χ1v) is 10.9. The van der Waals surface area contributed by atoms with Gasteiger partial charge in [-0.05, 0) is 63.1 Å². The number of ether oxygens (including phenoxy) is 4. The molecule has 0 aliphatic carbocycles. The average Bonchev–Trinajstić information content (AvgIpc) is 2.80. The van der Waals surface area contributed by atoms with Gasteiger partial charge in [0.1, 0.15) is 11.5 Å². The van der Waals surface area contributed by atoms with Gasteiger partial charge in [0, 0.05) is 40.4 Å². The van der Waals surface area contributed by atoms with Gasteiger partial charge in [0.05, 0.1) is 25.4 Å². The van der Waals surface area contributed by atoms with E-state index in [-0.39, 0.29) is 23.6 Å². The van der Waals surface area contributed by atoms with Crippen LogP contribution in [0.3, 0.4) is 0 Å². The quantitative estimate of drug-likeness (QED) is 0.490. The monoisotopic (exact) mass is 482 g/mol. The van der Waals surface area contributed by atoms with E-state index in [2.05, 4.69) is 43.0 Å². The van der Waals surface area contributed by atoms with Gasteiger partial charge < -0.3 is 24.7 Å². The summed E-state index contributed by atoms with van der Waals surface area (Å²) in [6, 6.07) is 16.5. The fourth-order valence-electron chi connectivity index (χ4n) is 2.83. The van der Waals surface area contributed by atoms with E-state index in [0.29, 0.717) is 6.54 Å². The lowest BCUT2D eigenvalue weighted by molar-refractivity contribution is -0.0115. The van der Waals surface area contributed by atoms with Gasteiger partial charge in [0.15, 0.2) is 0 Å². The highest BCUT2D eigenvalue weighted by Gasteiger charge is 2.21. The summed E-state index contributed by atoms with van der Waals surface area (Å²) in [4.78, 5) is 2.40. The molecule has 0 atom stereocenters. The summed E-state index contributed by atoms with van der Waals surface area (Å²) in [5.41, 5.74) is 7.45. The zero-order valence-electron chi connectivity index (χ0n) is 21.5. The van der Waals surface area contributed by atoms with Crippen LogP contribution in [0.5, 0.6) is 11.5 Å². The molecule has 2 aromatic carbocycles. The van der Waals surface area contributed by atoms with Crippen LogP contribution in [0.1, 0.15) is 38.8 Å². The van der Waals surface area contributed by atoms with Crippen LogP contribution < -0.4 is 15.2 Å². The Morgan fingerprint density at radius 2 is 1.03 bits per heavy atom. The molecule has 0 aromatic heterocycles. The molecule has 0 bridgehead atoms. The maximum Gasteiger partial charge on any atom is 0.118 e. The predicted molar refractivity (Wildman–Crippen MR) is 139 cm³/mol. The van der Waals surface area contributed by atoms with Crippen molar-refractivity contribution in [2.75, 3.05) is 41.5 Å². The van der Waals surface area contributed by atoms with E-state index >= 15 is 0 Å². The van der Waals surface area contributed by atoms with Crippen LogP contribution in [0, 0.1) is 0 Å². The molecular weight excluding hydrogens is 440 g/mol. The number of benzene rings is 2. The lowest BCUT2D eigenvalue weighted by Crippen LogP contribution is -2.39.